The molecule has 2 nitrogen and oxygen atoms in total. The second-order valence-electron chi connectivity index (χ2n) is 16.4. The maximum Gasteiger partial charge on any atom is 0.0553 e. The molecule has 2 heterocycles. The van der Waals surface area contributed by atoms with E-state index in [2.05, 4.69) is 205 Å². The highest BCUT2D eigenvalue weighted by Gasteiger charge is 2.38. The lowest BCUT2D eigenvalue weighted by Crippen LogP contribution is -2.15. The van der Waals surface area contributed by atoms with Crippen LogP contribution in [0.3, 0.4) is 0 Å². The van der Waals surface area contributed by atoms with E-state index in [1.165, 1.54) is 116 Å². The van der Waals surface area contributed by atoms with Crippen molar-refractivity contribution in [2.45, 2.75) is 19.3 Å². The third-order valence-corrected chi connectivity index (χ3v) is 13.2. The number of aromatic nitrogens is 2. The summed E-state index contributed by atoms with van der Waals surface area (Å²) in [6.07, 6.45) is 0. The van der Waals surface area contributed by atoms with Gasteiger partial charge in [-0.2, -0.15) is 0 Å². The van der Waals surface area contributed by atoms with Gasteiger partial charge < -0.3 is 9.13 Å². The minimum Gasteiger partial charge on any atom is -0.309 e. The molecule has 0 bridgehead atoms. The Kier molecular flexibility index (Phi) is 6.00. The van der Waals surface area contributed by atoms with Gasteiger partial charge in [0.15, 0.2) is 0 Å². The molecule has 13 rings (SSSR count). The van der Waals surface area contributed by atoms with Crippen LogP contribution in [-0.2, 0) is 5.41 Å². The van der Waals surface area contributed by atoms with Gasteiger partial charge in [0.2, 0.25) is 0 Å². The van der Waals surface area contributed by atoms with Crippen molar-refractivity contribution in [3.05, 3.63) is 193 Å². The smallest absolute Gasteiger partial charge is 0.0553 e. The Hall–Kier alpha value is -7.16. The van der Waals surface area contributed by atoms with E-state index in [9.17, 15) is 0 Å². The summed E-state index contributed by atoms with van der Waals surface area (Å²) in [6.45, 7) is 4.79. The molecule has 0 saturated heterocycles. The maximum absolute atomic E-state index is 2.47. The maximum atomic E-state index is 2.47. The molecule has 2 aliphatic carbocycles. The normalized spacial score (nSPS) is 13.6. The molecule has 0 radical (unpaired) electrons. The lowest BCUT2D eigenvalue weighted by Gasteiger charge is -2.22. The molecule has 11 aromatic rings. The second-order valence-corrected chi connectivity index (χ2v) is 16.4. The van der Waals surface area contributed by atoms with E-state index < -0.39 is 0 Å². The van der Waals surface area contributed by atoms with Gasteiger partial charge in [0, 0.05) is 38.3 Å². The Labute approximate surface area is 330 Å². The number of para-hydroxylation sites is 2. The molecule has 0 unspecified atom stereocenters. The van der Waals surface area contributed by atoms with Crippen LogP contribution in [0.15, 0.2) is 182 Å². The van der Waals surface area contributed by atoms with Gasteiger partial charge in [0.25, 0.3) is 0 Å². The summed E-state index contributed by atoms with van der Waals surface area (Å²) in [7, 11) is 0. The van der Waals surface area contributed by atoms with Gasteiger partial charge in [0.1, 0.15) is 0 Å². The van der Waals surface area contributed by atoms with Gasteiger partial charge in [0.05, 0.1) is 22.1 Å². The van der Waals surface area contributed by atoms with Gasteiger partial charge in [-0.15, -0.1) is 0 Å². The first-order valence-corrected chi connectivity index (χ1v) is 20.0. The van der Waals surface area contributed by atoms with Crippen molar-refractivity contribution in [2.75, 3.05) is 0 Å². The summed E-state index contributed by atoms with van der Waals surface area (Å²) in [5, 5.41) is 7.94. The van der Waals surface area contributed by atoms with Crippen LogP contribution in [-0.4, -0.2) is 9.13 Å². The Bertz CT molecular complexity index is 3520. The van der Waals surface area contributed by atoms with Crippen molar-refractivity contribution in [1.29, 1.82) is 0 Å². The first-order valence-electron chi connectivity index (χ1n) is 20.0. The molecule has 2 heteroatoms. The van der Waals surface area contributed by atoms with Crippen molar-refractivity contribution in [1.82, 2.24) is 9.13 Å². The standard InChI is InChI=1S/C55H36N2/c1-55(2)46-21-10-8-17-39(46)41-28-30-49-53(54(41)55)45-31-34(25-29-48(45)56(49)35-13-4-3-5-14-35)33-23-26-36(27-24-33)57-47-22-11-9-18-42(47)52-43-20-12-19-40-37-15-6-7-16-38(37)44(51(40)43)32-50(52)57/h3-32H,1-2H3. The molecule has 0 spiro atoms. The highest BCUT2D eigenvalue weighted by atomic mass is 15.0. The van der Waals surface area contributed by atoms with Crippen molar-refractivity contribution >= 4 is 54.4 Å². The van der Waals surface area contributed by atoms with E-state index in [-0.39, 0.29) is 5.41 Å². The Morgan fingerprint density at radius 3 is 1.79 bits per heavy atom. The number of fused-ring (bicyclic) bond motifs is 14. The summed E-state index contributed by atoms with van der Waals surface area (Å²) in [4.78, 5) is 0. The first kappa shape index (κ1) is 31.1. The number of hydrogen-bond donors (Lipinski definition) is 0. The van der Waals surface area contributed by atoms with Gasteiger partial charge in [-0.1, -0.05) is 141 Å². The minimum absolute atomic E-state index is 0.129. The molecule has 2 aromatic heterocycles. The number of rotatable bonds is 3. The third kappa shape index (κ3) is 3.99. The van der Waals surface area contributed by atoms with Crippen molar-refractivity contribution < 1.29 is 0 Å². The summed E-state index contributed by atoms with van der Waals surface area (Å²) >= 11 is 0. The van der Waals surface area contributed by atoms with E-state index in [0.29, 0.717) is 0 Å². The molecule has 0 N–H and O–H groups in total. The van der Waals surface area contributed by atoms with E-state index in [4.69, 9.17) is 0 Å². The predicted octanol–water partition coefficient (Wildman–Crippen LogP) is 14.7. The second kappa shape index (κ2) is 11.0. The molecule has 0 atom stereocenters. The summed E-state index contributed by atoms with van der Waals surface area (Å²) in [5.74, 6) is 0. The molecule has 9 aromatic carbocycles. The number of benzene rings is 9. The third-order valence-electron chi connectivity index (χ3n) is 13.2. The van der Waals surface area contributed by atoms with Gasteiger partial charge >= 0.3 is 0 Å². The zero-order valence-electron chi connectivity index (χ0n) is 31.7. The zero-order valence-corrected chi connectivity index (χ0v) is 31.7. The van der Waals surface area contributed by atoms with Crippen molar-refractivity contribution in [3.63, 3.8) is 0 Å². The summed E-state index contributed by atoms with van der Waals surface area (Å²) < 4.78 is 4.92. The monoisotopic (exact) mass is 724 g/mol. The lowest BCUT2D eigenvalue weighted by molar-refractivity contribution is 0.666. The molecular formula is C55H36N2. The van der Waals surface area contributed by atoms with Crippen LogP contribution >= 0.6 is 0 Å². The summed E-state index contributed by atoms with van der Waals surface area (Å²) in [6, 6.07) is 67.8. The Morgan fingerprint density at radius 1 is 0.333 bits per heavy atom. The van der Waals surface area contributed by atoms with E-state index in [1.807, 2.05) is 0 Å². The van der Waals surface area contributed by atoms with Crippen molar-refractivity contribution in [2.24, 2.45) is 0 Å². The average molecular weight is 725 g/mol. The highest BCUT2D eigenvalue weighted by Crippen LogP contribution is 2.54. The molecular weight excluding hydrogens is 689 g/mol. The first-order chi connectivity index (χ1) is 28.1. The zero-order chi connectivity index (χ0) is 37.6. The highest BCUT2D eigenvalue weighted by molar-refractivity contribution is 6.29. The topological polar surface area (TPSA) is 9.86 Å². The van der Waals surface area contributed by atoms with Crippen LogP contribution in [0.4, 0.5) is 0 Å². The van der Waals surface area contributed by atoms with E-state index >= 15 is 0 Å². The van der Waals surface area contributed by atoms with Crippen LogP contribution in [0, 0.1) is 0 Å². The van der Waals surface area contributed by atoms with E-state index in [1.54, 1.807) is 0 Å². The van der Waals surface area contributed by atoms with Crippen LogP contribution in [0.25, 0.3) is 110 Å². The van der Waals surface area contributed by atoms with E-state index in [0.717, 1.165) is 5.69 Å². The quantitative estimate of drug-likeness (QED) is 0.172. The fourth-order valence-electron chi connectivity index (χ4n) is 10.8. The number of nitrogens with zero attached hydrogens (tertiary/aromatic N) is 2. The predicted molar refractivity (Wildman–Crippen MR) is 240 cm³/mol. The Balaban J connectivity index is 1.01. The van der Waals surface area contributed by atoms with Crippen LogP contribution in [0.2, 0.25) is 0 Å². The van der Waals surface area contributed by atoms with Crippen LogP contribution in [0.5, 0.6) is 0 Å². The van der Waals surface area contributed by atoms with Gasteiger partial charge in [-0.3, -0.25) is 0 Å². The van der Waals surface area contributed by atoms with Crippen LogP contribution in [0.1, 0.15) is 25.0 Å². The molecule has 0 fully saturated rings. The molecule has 0 amide bonds. The van der Waals surface area contributed by atoms with Gasteiger partial charge in [-0.05, 0) is 121 Å². The van der Waals surface area contributed by atoms with Gasteiger partial charge in [-0.25, -0.2) is 0 Å². The molecule has 2 aliphatic rings. The number of hydrogen-bond acceptors (Lipinski definition) is 0. The molecule has 57 heavy (non-hydrogen) atoms. The van der Waals surface area contributed by atoms with Crippen molar-refractivity contribution in [3.8, 4) is 55.9 Å². The fraction of sp³-hybridized carbons (Fsp3) is 0.0545. The Morgan fingerprint density at radius 2 is 0.947 bits per heavy atom. The largest absolute Gasteiger partial charge is 0.309 e. The molecule has 0 aliphatic heterocycles. The average Bonchev–Trinajstić information content (AvgIpc) is 3.95. The minimum atomic E-state index is -0.129. The van der Waals surface area contributed by atoms with Crippen LogP contribution < -0.4 is 0 Å². The fourth-order valence-corrected chi connectivity index (χ4v) is 10.8. The SMILES string of the molecule is CC1(C)c2ccccc2-c2ccc3c(c21)c1cc(-c2ccc(-n4c5ccccc5c5c6cccc7c6c(cc54)-c4ccccc4-7)cc2)ccc1n3-c1ccccc1. The molecule has 0 saturated carbocycles. The molecule has 266 valence electrons. The lowest BCUT2D eigenvalue weighted by atomic mass is 9.80. The summed E-state index contributed by atoms with van der Waals surface area (Å²) in [5.41, 5.74) is 20.4.